The molecule has 0 aromatic rings. The number of carboxylic acid groups (broad SMARTS) is 1. The highest BCUT2D eigenvalue weighted by Gasteiger charge is 2.25. The third-order valence-corrected chi connectivity index (χ3v) is 14.9. The number of unbranched alkanes of at least 4 members (excludes halogenated alkanes) is 25. The first-order valence-electron chi connectivity index (χ1n) is 35.5. The Hall–Kier alpha value is -4.83. The highest BCUT2D eigenvalue weighted by molar-refractivity contribution is 5.71. The predicted molar refractivity (Wildman–Crippen MR) is 377 cm³/mol. The molecule has 0 saturated heterocycles. The van der Waals surface area contributed by atoms with Crippen LogP contribution in [0.5, 0.6) is 0 Å². The van der Waals surface area contributed by atoms with E-state index in [4.69, 9.17) is 18.9 Å². The van der Waals surface area contributed by atoms with Gasteiger partial charge in [-0.25, -0.2) is 4.79 Å². The van der Waals surface area contributed by atoms with Crippen LogP contribution < -0.4 is 0 Å². The number of esters is 2. The number of carbonyl (C=O) groups excluding carboxylic acids is 2. The van der Waals surface area contributed by atoms with Crippen LogP contribution >= 0.6 is 0 Å². The number of rotatable bonds is 64. The number of quaternary nitrogens is 1. The largest absolute Gasteiger partial charge is 0.477 e. The zero-order valence-electron chi connectivity index (χ0n) is 57.1. The highest BCUT2D eigenvalue weighted by atomic mass is 16.7. The van der Waals surface area contributed by atoms with Crippen molar-refractivity contribution in [3.8, 4) is 0 Å². The van der Waals surface area contributed by atoms with Crippen molar-refractivity contribution in [1.29, 1.82) is 0 Å². The molecule has 0 aromatic carbocycles. The summed E-state index contributed by atoms with van der Waals surface area (Å²) < 4.78 is 22.9. The number of allylic oxidation sites excluding steroid dienone is 24. The highest BCUT2D eigenvalue weighted by Crippen LogP contribution is 2.17. The van der Waals surface area contributed by atoms with Gasteiger partial charge in [-0.05, 0) is 103 Å². The zero-order valence-corrected chi connectivity index (χ0v) is 57.1. The Bertz CT molecular complexity index is 1960. The molecular weight excluding hydrogens is 1090 g/mol. The van der Waals surface area contributed by atoms with Gasteiger partial charge in [0.15, 0.2) is 6.10 Å². The van der Waals surface area contributed by atoms with Crippen LogP contribution in [0.3, 0.4) is 0 Å². The van der Waals surface area contributed by atoms with E-state index in [1.807, 2.05) is 21.1 Å². The van der Waals surface area contributed by atoms with Crippen LogP contribution in [0.4, 0.5) is 0 Å². The Labute approximate surface area is 541 Å². The molecule has 0 spiro atoms. The molecule has 0 bridgehead atoms. The van der Waals surface area contributed by atoms with E-state index in [0.29, 0.717) is 17.4 Å². The van der Waals surface area contributed by atoms with E-state index in [1.54, 1.807) is 0 Å². The van der Waals surface area contributed by atoms with Gasteiger partial charge in [0.2, 0.25) is 0 Å². The second kappa shape index (κ2) is 68.1. The van der Waals surface area contributed by atoms with E-state index in [-0.39, 0.29) is 38.6 Å². The van der Waals surface area contributed by atoms with Crippen molar-refractivity contribution in [2.45, 2.75) is 289 Å². The molecule has 9 nitrogen and oxygen atoms in total. The lowest BCUT2D eigenvalue weighted by Gasteiger charge is -2.25. The third-order valence-electron chi connectivity index (χ3n) is 14.9. The number of aliphatic carboxylic acids is 1. The smallest absolute Gasteiger partial charge is 0.361 e. The first kappa shape index (κ1) is 83.2. The van der Waals surface area contributed by atoms with Crippen molar-refractivity contribution in [3.05, 3.63) is 146 Å². The van der Waals surface area contributed by atoms with E-state index in [2.05, 4.69) is 160 Å². The summed E-state index contributed by atoms with van der Waals surface area (Å²) in [6, 6.07) is 0. The molecule has 0 fully saturated rings. The summed E-state index contributed by atoms with van der Waals surface area (Å²) >= 11 is 0. The van der Waals surface area contributed by atoms with Gasteiger partial charge < -0.3 is 28.5 Å². The van der Waals surface area contributed by atoms with E-state index < -0.39 is 24.3 Å². The Kier molecular flexibility index (Phi) is 64.4. The van der Waals surface area contributed by atoms with Gasteiger partial charge in [-0.3, -0.25) is 9.59 Å². The lowest BCUT2D eigenvalue weighted by molar-refractivity contribution is -0.870. The monoisotopic (exact) mass is 1220 g/mol. The van der Waals surface area contributed by atoms with E-state index in [1.165, 1.54) is 135 Å². The summed E-state index contributed by atoms with van der Waals surface area (Å²) in [5.41, 5.74) is 0. The van der Waals surface area contributed by atoms with Crippen molar-refractivity contribution in [1.82, 2.24) is 0 Å². The summed E-state index contributed by atoms with van der Waals surface area (Å²) in [5, 5.41) is 9.74. The number of nitrogens with zero attached hydrogens (tertiary/aromatic N) is 1. The minimum absolute atomic E-state index is 0.173. The second-order valence-corrected chi connectivity index (χ2v) is 24.5. The van der Waals surface area contributed by atoms with E-state index in [9.17, 15) is 19.5 Å². The number of carbonyl (C=O) groups is 3. The van der Waals surface area contributed by atoms with Gasteiger partial charge in [0, 0.05) is 12.8 Å². The van der Waals surface area contributed by atoms with Crippen LogP contribution in [0.2, 0.25) is 0 Å². The second-order valence-electron chi connectivity index (χ2n) is 24.5. The molecule has 0 rings (SSSR count). The summed E-state index contributed by atoms with van der Waals surface area (Å²) in [6.45, 7) is 4.73. The molecule has 9 heteroatoms. The van der Waals surface area contributed by atoms with Crippen LogP contribution in [0, 0.1) is 0 Å². The minimum atomic E-state index is -1.53. The van der Waals surface area contributed by atoms with Gasteiger partial charge in [0.05, 0.1) is 34.4 Å². The normalized spacial score (nSPS) is 13.6. The lowest BCUT2D eigenvalue weighted by Crippen LogP contribution is -2.40. The zero-order chi connectivity index (χ0) is 64.0. The Morgan fingerprint density at radius 3 is 0.966 bits per heavy atom. The van der Waals surface area contributed by atoms with Crippen LogP contribution in [0.25, 0.3) is 0 Å². The molecule has 2 atom stereocenters. The molecule has 88 heavy (non-hydrogen) atoms. The van der Waals surface area contributed by atoms with Crippen molar-refractivity contribution in [2.24, 2.45) is 0 Å². The number of carboxylic acids is 1. The van der Waals surface area contributed by atoms with Crippen molar-refractivity contribution in [2.75, 3.05) is 47.5 Å². The number of hydrogen-bond donors (Lipinski definition) is 1. The molecule has 1 N–H and O–H groups in total. The van der Waals surface area contributed by atoms with Crippen LogP contribution in [0.1, 0.15) is 277 Å². The SMILES string of the molecule is CC/C=C\C/C=C\C/C=C\C/C=C\C/C=C\C/C=C\C/C=C\C/C=C\C/C=C\C/C=C\C/C=C\C/C=C\CCCCC(=O)OC(COC(=O)CCCCCCCCCCCCCCCCCCCCCCCCCC)COC(OCC[N+](C)(C)C)C(=O)O. The Morgan fingerprint density at radius 1 is 0.352 bits per heavy atom. The molecule has 0 amide bonds. The maximum atomic E-state index is 12.9. The van der Waals surface area contributed by atoms with Gasteiger partial charge >= 0.3 is 17.9 Å². The molecule has 0 aliphatic carbocycles. The summed E-state index contributed by atoms with van der Waals surface area (Å²) in [7, 11) is 5.96. The summed E-state index contributed by atoms with van der Waals surface area (Å²) in [6.07, 6.45) is 96.8. The molecule has 500 valence electrons. The molecular formula is C79H132NO8+. The van der Waals surface area contributed by atoms with Gasteiger partial charge in [-0.15, -0.1) is 0 Å². The predicted octanol–water partition coefficient (Wildman–Crippen LogP) is 22.3. The fourth-order valence-electron chi connectivity index (χ4n) is 9.47. The van der Waals surface area contributed by atoms with Crippen molar-refractivity contribution in [3.63, 3.8) is 0 Å². The molecule has 0 aliphatic rings. The molecule has 2 unspecified atom stereocenters. The molecule has 0 aliphatic heterocycles. The summed E-state index contributed by atoms with van der Waals surface area (Å²) in [4.78, 5) is 37.6. The molecule has 0 heterocycles. The van der Waals surface area contributed by atoms with Gasteiger partial charge in [0.25, 0.3) is 6.29 Å². The van der Waals surface area contributed by atoms with Crippen LogP contribution in [-0.2, 0) is 33.3 Å². The fourth-order valence-corrected chi connectivity index (χ4v) is 9.47. The lowest BCUT2D eigenvalue weighted by atomic mass is 10.0. The maximum absolute atomic E-state index is 12.9. The van der Waals surface area contributed by atoms with Gasteiger partial charge in [-0.1, -0.05) is 307 Å². The van der Waals surface area contributed by atoms with Crippen LogP contribution in [0.15, 0.2) is 146 Å². The average Bonchev–Trinajstić information content (AvgIpc) is 3.52. The molecule has 0 saturated carbocycles. The number of hydrogen-bond acceptors (Lipinski definition) is 7. The maximum Gasteiger partial charge on any atom is 0.361 e. The van der Waals surface area contributed by atoms with Crippen molar-refractivity contribution < 1.29 is 42.9 Å². The fraction of sp³-hybridized carbons (Fsp3) is 0.658. The molecule has 0 radical (unpaired) electrons. The number of ether oxygens (including phenoxy) is 4. The Morgan fingerprint density at radius 2 is 0.648 bits per heavy atom. The van der Waals surface area contributed by atoms with E-state index in [0.717, 1.165) is 109 Å². The van der Waals surface area contributed by atoms with Gasteiger partial charge in [-0.2, -0.15) is 0 Å². The van der Waals surface area contributed by atoms with Crippen LogP contribution in [-0.4, -0.2) is 87.4 Å². The quantitative estimate of drug-likeness (QED) is 0.0211. The Balaban J connectivity index is 4.25. The average molecular weight is 1220 g/mol. The summed E-state index contributed by atoms with van der Waals surface area (Å²) in [5.74, 6) is -2.07. The minimum Gasteiger partial charge on any atom is -0.477 e. The first-order chi connectivity index (χ1) is 43.1. The topological polar surface area (TPSA) is 108 Å². The van der Waals surface area contributed by atoms with Gasteiger partial charge in [0.1, 0.15) is 13.2 Å². The van der Waals surface area contributed by atoms with E-state index >= 15 is 0 Å². The first-order valence-corrected chi connectivity index (χ1v) is 35.5. The number of likely N-dealkylation sites (N-methyl/N-ethyl adjacent to an activating group) is 1. The standard InChI is InChI=1S/C79H131NO8/c1-6-8-10-12-14-16-18-20-22-24-26-28-30-32-33-34-35-36-37-38-39-40-41-42-43-44-45-46-48-50-52-54-56-58-60-62-64-66-68-70-77(82)88-75(74-87-79(78(83)84)85-72-71-80(3,4)5)73-86-76(81)69-67-65-63-61-59-57-55-53-51-49-47-31-29-27-25-23-21-19-17-15-13-11-9-7-2/h8,10,14,16,20,22,26,28,32-33,35-36,38-39,41-42,44-45,48,50,54,56,60,62,75,79H,6-7,9,11-13,15,17-19,21,23-25,27,29-31,34,37,40,43,46-47,49,51-53,55,57-59,61,63-74H2,1-5H3/p+1/b10-8-,16-14-,22-20-,28-26-,33-32-,36-35-,39-38-,42-41-,45-44-,50-48-,56-54-,62-60-. The third kappa shape index (κ3) is 68.7. The van der Waals surface area contributed by atoms with Crippen molar-refractivity contribution >= 4 is 17.9 Å². The molecule has 0 aromatic heterocycles.